The Bertz CT molecular complexity index is 605. The van der Waals surface area contributed by atoms with Gasteiger partial charge in [0.1, 0.15) is 0 Å². The van der Waals surface area contributed by atoms with Crippen molar-refractivity contribution in [2.75, 3.05) is 5.32 Å². The molecule has 0 aliphatic carbocycles. The number of nitrogens with one attached hydrogen (secondary N) is 1. The normalized spacial score (nSPS) is 11.9. The lowest BCUT2D eigenvalue weighted by molar-refractivity contribution is -0.115. The summed E-state index contributed by atoms with van der Waals surface area (Å²) in [5.74, 6) is -0.0571. The summed E-state index contributed by atoms with van der Waals surface area (Å²) in [6.07, 6.45) is -0.191. The largest absolute Gasteiger partial charge is 0.389 e. The highest BCUT2D eigenvalue weighted by Crippen LogP contribution is 2.17. The third-order valence-corrected chi connectivity index (χ3v) is 3.10. The molecule has 0 aromatic heterocycles. The van der Waals surface area contributed by atoms with Crippen molar-refractivity contribution in [3.8, 4) is 0 Å². The summed E-state index contributed by atoms with van der Waals surface area (Å²) in [5, 5.41) is 12.4. The zero-order valence-corrected chi connectivity index (χ0v) is 11.8. The second kappa shape index (κ2) is 6.35. The first kappa shape index (κ1) is 14.3. The van der Waals surface area contributed by atoms with Crippen LogP contribution in [0.1, 0.15) is 29.7 Å². The molecule has 1 atom stereocenters. The van der Waals surface area contributed by atoms with Crippen LogP contribution in [0.5, 0.6) is 0 Å². The maximum absolute atomic E-state index is 12.0. The van der Waals surface area contributed by atoms with E-state index in [1.165, 1.54) is 0 Å². The zero-order valence-electron chi connectivity index (χ0n) is 11.8. The molecule has 20 heavy (non-hydrogen) atoms. The van der Waals surface area contributed by atoms with Gasteiger partial charge in [-0.2, -0.15) is 0 Å². The third-order valence-electron chi connectivity index (χ3n) is 3.10. The van der Waals surface area contributed by atoms with E-state index in [1.54, 1.807) is 13.0 Å². The van der Waals surface area contributed by atoms with Crippen LogP contribution in [-0.4, -0.2) is 11.0 Å². The van der Waals surface area contributed by atoms with Crippen LogP contribution in [0.2, 0.25) is 0 Å². The van der Waals surface area contributed by atoms with Gasteiger partial charge >= 0.3 is 0 Å². The Labute approximate surface area is 119 Å². The van der Waals surface area contributed by atoms with Gasteiger partial charge < -0.3 is 10.4 Å². The molecule has 1 amide bonds. The summed E-state index contributed by atoms with van der Waals surface area (Å²) in [5.41, 5.74) is 3.64. The van der Waals surface area contributed by atoms with Crippen LogP contribution in [0.3, 0.4) is 0 Å². The maximum Gasteiger partial charge on any atom is 0.228 e. The number of aryl methyl sites for hydroxylation is 1. The Balaban J connectivity index is 2.03. The van der Waals surface area contributed by atoms with E-state index >= 15 is 0 Å². The van der Waals surface area contributed by atoms with E-state index in [9.17, 15) is 9.90 Å². The molecule has 3 nitrogen and oxygen atoms in total. The van der Waals surface area contributed by atoms with Crippen molar-refractivity contribution in [1.82, 2.24) is 0 Å². The van der Waals surface area contributed by atoms with Crippen molar-refractivity contribution in [1.29, 1.82) is 0 Å². The minimum Gasteiger partial charge on any atom is -0.389 e. The second-order valence-corrected chi connectivity index (χ2v) is 5.02. The SMILES string of the molecule is Cc1cccc(CC(=O)Nc2cccc([C@H](C)O)c2)c1. The van der Waals surface area contributed by atoms with Crippen LogP contribution in [0.4, 0.5) is 5.69 Å². The number of amides is 1. The lowest BCUT2D eigenvalue weighted by Crippen LogP contribution is -2.14. The summed E-state index contributed by atoms with van der Waals surface area (Å²) in [6, 6.07) is 15.2. The predicted molar refractivity (Wildman–Crippen MR) is 80.6 cm³/mol. The Morgan fingerprint density at radius 3 is 2.65 bits per heavy atom. The highest BCUT2D eigenvalue weighted by Gasteiger charge is 2.06. The molecule has 0 radical (unpaired) electrons. The highest BCUT2D eigenvalue weighted by molar-refractivity contribution is 5.92. The Morgan fingerprint density at radius 1 is 1.20 bits per heavy atom. The molecule has 0 aliphatic rings. The topological polar surface area (TPSA) is 49.3 Å². The van der Waals surface area contributed by atoms with E-state index in [4.69, 9.17) is 0 Å². The Hall–Kier alpha value is -2.13. The van der Waals surface area contributed by atoms with E-state index in [-0.39, 0.29) is 5.91 Å². The van der Waals surface area contributed by atoms with Crippen LogP contribution in [0, 0.1) is 6.92 Å². The van der Waals surface area contributed by atoms with Crippen molar-refractivity contribution < 1.29 is 9.90 Å². The molecule has 0 saturated heterocycles. The molecule has 2 aromatic rings. The summed E-state index contributed by atoms with van der Waals surface area (Å²) in [7, 11) is 0. The molecule has 0 fully saturated rings. The number of aliphatic hydroxyl groups excluding tert-OH is 1. The first-order chi connectivity index (χ1) is 9.54. The van der Waals surface area contributed by atoms with E-state index in [2.05, 4.69) is 5.32 Å². The number of anilines is 1. The molecular weight excluding hydrogens is 250 g/mol. The number of hydrogen-bond acceptors (Lipinski definition) is 2. The molecule has 0 bridgehead atoms. The number of rotatable bonds is 4. The lowest BCUT2D eigenvalue weighted by atomic mass is 10.1. The summed E-state index contributed by atoms with van der Waals surface area (Å²) >= 11 is 0. The van der Waals surface area contributed by atoms with E-state index in [1.807, 2.05) is 49.4 Å². The van der Waals surface area contributed by atoms with E-state index in [0.29, 0.717) is 12.1 Å². The number of hydrogen-bond donors (Lipinski definition) is 2. The number of carbonyl (C=O) groups is 1. The smallest absolute Gasteiger partial charge is 0.228 e. The minimum atomic E-state index is -0.538. The molecule has 2 aromatic carbocycles. The molecule has 0 aliphatic heterocycles. The third kappa shape index (κ3) is 3.93. The summed E-state index contributed by atoms with van der Waals surface area (Å²) in [6.45, 7) is 3.71. The van der Waals surface area contributed by atoms with Gasteiger partial charge in [0.15, 0.2) is 0 Å². The fourth-order valence-corrected chi connectivity index (χ4v) is 2.09. The van der Waals surface area contributed by atoms with E-state index < -0.39 is 6.10 Å². The fraction of sp³-hybridized carbons (Fsp3) is 0.235. The molecule has 0 saturated carbocycles. The minimum absolute atomic E-state index is 0.0571. The fourth-order valence-electron chi connectivity index (χ4n) is 2.09. The van der Waals surface area contributed by atoms with Gasteiger partial charge in [0.2, 0.25) is 5.91 Å². The average molecular weight is 269 g/mol. The maximum atomic E-state index is 12.0. The average Bonchev–Trinajstić information content (AvgIpc) is 2.38. The number of benzene rings is 2. The van der Waals surface area contributed by atoms with Crippen LogP contribution in [0.25, 0.3) is 0 Å². The Morgan fingerprint density at radius 2 is 1.95 bits per heavy atom. The van der Waals surface area contributed by atoms with Crippen molar-refractivity contribution >= 4 is 11.6 Å². The molecular formula is C17H19NO2. The van der Waals surface area contributed by atoms with Gasteiger partial charge in [-0.3, -0.25) is 4.79 Å². The van der Waals surface area contributed by atoms with Gasteiger partial charge in [0, 0.05) is 5.69 Å². The first-order valence-corrected chi connectivity index (χ1v) is 6.68. The van der Waals surface area contributed by atoms with Gasteiger partial charge in [-0.05, 0) is 37.1 Å². The molecule has 0 spiro atoms. The van der Waals surface area contributed by atoms with Gasteiger partial charge in [-0.25, -0.2) is 0 Å². The standard InChI is InChI=1S/C17H19NO2/c1-12-5-3-6-14(9-12)10-17(20)18-16-8-4-7-15(11-16)13(2)19/h3-9,11,13,19H,10H2,1-2H3,(H,18,20)/t13-/m0/s1. The number of carbonyl (C=O) groups excluding carboxylic acids is 1. The molecule has 104 valence electrons. The summed E-state index contributed by atoms with van der Waals surface area (Å²) in [4.78, 5) is 12.0. The van der Waals surface area contributed by atoms with Gasteiger partial charge in [-0.1, -0.05) is 42.0 Å². The quantitative estimate of drug-likeness (QED) is 0.895. The highest BCUT2D eigenvalue weighted by atomic mass is 16.3. The zero-order chi connectivity index (χ0) is 14.5. The van der Waals surface area contributed by atoms with E-state index in [0.717, 1.165) is 16.7 Å². The molecule has 2 rings (SSSR count). The lowest BCUT2D eigenvalue weighted by Gasteiger charge is -2.09. The van der Waals surface area contributed by atoms with Gasteiger partial charge in [-0.15, -0.1) is 0 Å². The van der Waals surface area contributed by atoms with Crippen LogP contribution in [0.15, 0.2) is 48.5 Å². The van der Waals surface area contributed by atoms with Crippen LogP contribution < -0.4 is 5.32 Å². The predicted octanol–water partition coefficient (Wildman–Crippen LogP) is 3.23. The van der Waals surface area contributed by atoms with Crippen LogP contribution in [-0.2, 0) is 11.2 Å². The summed E-state index contributed by atoms with van der Waals surface area (Å²) < 4.78 is 0. The molecule has 0 heterocycles. The van der Waals surface area contributed by atoms with Crippen LogP contribution >= 0.6 is 0 Å². The van der Waals surface area contributed by atoms with Crippen molar-refractivity contribution in [3.63, 3.8) is 0 Å². The Kier molecular flexibility index (Phi) is 4.53. The monoisotopic (exact) mass is 269 g/mol. The number of aliphatic hydroxyl groups is 1. The molecule has 2 N–H and O–H groups in total. The van der Waals surface area contributed by atoms with Gasteiger partial charge in [0.05, 0.1) is 12.5 Å². The van der Waals surface area contributed by atoms with Crippen molar-refractivity contribution in [3.05, 3.63) is 65.2 Å². The van der Waals surface area contributed by atoms with Gasteiger partial charge in [0.25, 0.3) is 0 Å². The van der Waals surface area contributed by atoms with Crippen molar-refractivity contribution in [2.45, 2.75) is 26.4 Å². The second-order valence-electron chi connectivity index (χ2n) is 5.02. The first-order valence-electron chi connectivity index (χ1n) is 6.68. The van der Waals surface area contributed by atoms with Crippen molar-refractivity contribution in [2.24, 2.45) is 0 Å². The molecule has 3 heteroatoms. The molecule has 0 unspecified atom stereocenters.